The van der Waals surface area contributed by atoms with E-state index in [2.05, 4.69) is 16.4 Å². The number of aliphatic carboxylic acids is 1. The van der Waals surface area contributed by atoms with Crippen molar-refractivity contribution in [1.82, 2.24) is 15.0 Å². The maximum absolute atomic E-state index is 11.8. The van der Waals surface area contributed by atoms with E-state index in [0.717, 1.165) is 35.3 Å². The summed E-state index contributed by atoms with van der Waals surface area (Å²) in [5.41, 5.74) is 4.13. The highest BCUT2D eigenvalue weighted by Gasteiger charge is 2.28. The minimum Gasteiger partial charge on any atom is -0.481 e. The van der Waals surface area contributed by atoms with Gasteiger partial charge in [-0.1, -0.05) is 30.3 Å². The maximum Gasteiger partial charge on any atom is 0.307 e. The molecule has 1 aromatic heterocycles. The third-order valence-corrected chi connectivity index (χ3v) is 5.10. The molecule has 2 unspecified atom stereocenters. The summed E-state index contributed by atoms with van der Waals surface area (Å²) < 4.78 is 1.79. The number of carboxylic acids is 1. The van der Waals surface area contributed by atoms with Crippen LogP contribution in [0.4, 0.5) is 0 Å². The Kier molecular flexibility index (Phi) is 7.00. The Morgan fingerprint density at radius 1 is 1.36 bits per heavy atom. The lowest BCUT2D eigenvalue weighted by Crippen LogP contribution is -2.22. The van der Waals surface area contributed by atoms with E-state index in [1.807, 2.05) is 39.1 Å². The van der Waals surface area contributed by atoms with Crippen LogP contribution in [0, 0.1) is 12.8 Å². The summed E-state index contributed by atoms with van der Waals surface area (Å²) in [5.74, 6) is -0.817. The molecule has 2 rings (SSSR count). The summed E-state index contributed by atoms with van der Waals surface area (Å²) in [5, 5.41) is 17.9. The number of aromatic nitrogens is 3. The van der Waals surface area contributed by atoms with Crippen LogP contribution < -0.4 is 0 Å². The van der Waals surface area contributed by atoms with Gasteiger partial charge < -0.3 is 5.11 Å². The van der Waals surface area contributed by atoms with Gasteiger partial charge in [0.15, 0.2) is 0 Å². The second-order valence-corrected chi connectivity index (χ2v) is 6.65. The SMILES string of the molecule is CCC(C(=O)O)C(CCc1cn(CC)nn1)c1ccc(C)c(CCl)c1. The number of aryl methyl sites for hydroxylation is 3. The van der Waals surface area contributed by atoms with E-state index in [9.17, 15) is 9.90 Å². The molecule has 0 aliphatic carbocycles. The molecular formula is C19H26ClN3O2. The van der Waals surface area contributed by atoms with Gasteiger partial charge in [0.2, 0.25) is 0 Å². The summed E-state index contributed by atoms with van der Waals surface area (Å²) in [7, 11) is 0. The van der Waals surface area contributed by atoms with Gasteiger partial charge in [0.1, 0.15) is 0 Å². The number of halogens is 1. The fraction of sp³-hybridized carbons (Fsp3) is 0.526. The lowest BCUT2D eigenvalue weighted by molar-refractivity contribution is -0.142. The molecule has 0 saturated carbocycles. The van der Waals surface area contributed by atoms with E-state index in [1.165, 1.54) is 0 Å². The Bertz CT molecular complexity index is 714. The first-order valence-electron chi connectivity index (χ1n) is 8.77. The number of benzene rings is 1. The molecular weight excluding hydrogens is 338 g/mol. The van der Waals surface area contributed by atoms with Gasteiger partial charge in [-0.25, -0.2) is 0 Å². The van der Waals surface area contributed by atoms with Crippen molar-refractivity contribution in [2.75, 3.05) is 0 Å². The molecule has 136 valence electrons. The van der Waals surface area contributed by atoms with Crippen molar-refractivity contribution < 1.29 is 9.90 Å². The summed E-state index contributed by atoms with van der Waals surface area (Å²) in [6.07, 6.45) is 3.94. The number of rotatable bonds is 9. The molecule has 1 N–H and O–H groups in total. The lowest BCUT2D eigenvalue weighted by atomic mass is 9.80. The molecule has 0 radical (unpaired) electrons. The molecule has 2 atom stereocenters. The van der Waals surface area contributed by atoms with Crippen LogP contribution in [0.5, 0.6) is 0 Å². The molecule has 0 spiro atoms. The Labute approximate surface area is 154 Å². The Hall–Kier alpha value is -1.88. The number of carboxylic acid groups (broad SMARTS) is 1. The van der Waals surface area contributed by atoms with Gasteiger partial charge in [0.25, 0.3) is 0 Å². The quantitative estimate of drug-likeness (QED) is 0.679. The number of alkyl halides is 1. The van der Waals surface area contributed by atoms with Crippen LogP contribution in [0.15, 0.2) is 24.4 Å². The molecule has 5 nitrogen and oxygen atoms in total. The second-order valence-electron chi connectivity index (χ2n) is 6.38. The van der Waals surface area contributed by atoms with Gasteiger partial charge in [0.05, 0.1) is 11.6 Å². The molecule has 1 heterocycles. The van der Waals surface area contributed by atoms with Crippen LogP contribution in [0.2, 0.25) is 0 Å². The maximum atomic E-state index is 11.8. The lowest BCUT2D eigenvalue weighted by Gasteiger charge is -2.24. The minimum atomic E-state index is -0.752. The van der Waals surface area contributed by atoms with Gasteiger partial charge in [-0.3, -0.25) is 9.48 Å². The zero-order valence-electron chi connectivity index (χ0n) is 15.1. The predicted molar refractivity (Wildman–Crippen MR) is 98.9 cm³/mol. The van der Waals surface area contributed by atoms with E-state index in [1.54, 1.807) is 4.68 Å². The minimum absolute atomic E-state index is 0.0724. The van der Waals surface area contributed by atoms with Crippen molar-refractivity contribution in [2.24, 2.45) is 5.92 Å². The highest BCUT2D eigenvalue weighted by atomic mass is 35.5. The standard InChI is InChI=1S/C19H26ClN3O2/c1-4-17(19(24)25)18(9-8-16-12-23(5-2)22-21-16)14-7-6-13(3)15(10-14)11-20/h6-7,10,12,17-18H,4-5,8-9,11H2,1-3H3,(H,24,25). The van der Waals surface area contributed by atoms with Crippen LogP contribution in [0.25, 0.3) is 0 Å². The average molecular weight is 364 g/mol. The van der Waals surface area contributed by atoms with Crippen molar-refractivity contribution in [3.63, 3.8) is 0 Å². The molecule has 0 amide bonds. The van der Waals surface area contributed by atoms with Crippen LogP contribution in [-0.2, 0) is 23.6 Å². The van der Waals surface area contributed by atoms with Crippen LogP contribution in [0.1, 0.15) is 55.0 Å². The monoisotopic (exact) mass is 363 g/mol. The van der Waals surface area contributed by atoms with Gasteiger partial charge in [-0.15, -0.1) is 16.7 Å². The fourth-order valence-corrected chi connectivity index (χ4v) is 3.50. The Morgan fingerprint density at radius 3 is 2.68 bits per heavy atom. The van der Waals surface area contributed by atoms with Gasteiger partial charge >= 0.3 is 5.97 Å². The van der Waals surface area contributed by atoms with E-state index >= 15 is 0 Å². The third kappa shape index (κ3) is 4.82. The van der Waals surface area contributed by atoms with Crippen molar-refractivity contribution in [3.8, 4) is 0 Å². The molecule has 25 heavy (non-hydrogen) atoms. The Balaban J connectivity index is 2.27. The molecule has 1 aromatic carbocycles. The number of hydrogen-bond donors (Lipinski definition) is 1. The zero-order chi connectivity index (χ0) is 18.4. The molecule has 6 heteroatoms. The molecule has 0 aliphatic heterocycles. The van der Waals surface area contributed by atoms with Crippen molar-refractivity contribution in [2.45, 2.75) is 58.4 Å². The number of nitrogens with zero attached hydrogens (tertiary/aromatic N) is 3. The molecule has 0 aliphatic rings. The average Bonchev–Trinajstić information content (AvgIpc) is 3.07. The molecule has 0 bridgehead atoms. The first-order chi connectivity index (χ1) is 12.0. The fourth-order valence-electron chi connectivity index (χ4n) is 3.21. The largest absolute Gasteiger partial charge is 0.481 e. The second kappa shape index (κ2) is 8.99. The van der Waals surface area contributed by atoms with Gasteiger partial charge in [-0.05, 0) is 55.7 Å². The summed E-state index contributed by atoms with van der Waals surface area (Å²) in [6.45, 7) is 6.74. The summed E-state index contributed by atoms with van der Waals surface area (Å²) in [4.78, 5) is 11.8. The van der Waals surface area contributed by atoms with E-state index in [4.69, 9.17) is 11.6 Å². The topological polar surface area (TPSA) is 68.0 Å². The summed E-state index contributed by atoms with van der Waals surface area (Å²) in [6, 6.07) is 6.12. The van der Waals surface area contributed by atoms with Crippen LogP contribution in [0.3, 0.4) is 0 Å². The number of carbonyl (C=O) groups is 1. The van der Waals surface area contributed by atoms with Crippen molar-refractivity contribution >= 4 is 17.6 Å². The predicted octanol–water partition coefficient (Wildman–Crippen LogP) is 4.17. The third-order valence-electron chi connectivity index (χ3n) is 4.81. The summed E-state index contributed by atoms with van der Waals surface area (Å²) >= 11 is 6.04. The van der Waals surface area contributed by atoms with E-state index < -0.39 is 11.9 Å². The van der Waals surface area contributed by atoms with Crippen LogP contribution >= 0.6 is 11.6 Å². The van der Waals surface area contributed by atoms with Gasteiger partial charge in [0, 0.05) is 18.6 Å². The Morgan fingerprint density at radius 2 is 2.12 bits per heavy atom. The first-order valence-corrected chi connectivity index (χ1v) is 9.30. The smallest absolute Gasteiger partial charge is 0.307 e. The highest BCUT2D eigenvalue weighted by molar-refractivity contribution is 6.17. The first kappa shape index (κ1) is 19.4. The normalized spacial score (nSPS) is 13.6. The molecule has 0 saturated heterocycles. The molecule has 2 aromatic rings. The van der Waals surface area contributed by atoms with Crippen molar-refractivity contribution in [1.29, 1.82) is 0 Å². The number of hydrogen-bond acceptors (Lipinski definition) is 3. The van der Waals surface area contributed by atoms with Gasteiger partial charge in [-0.2, -0.15) is 0 Å². The van der Waals surface area contributed by atoms with E-state index in [-0.39, 0.29) is 5.92 Å². The molecule has 0 fully saturated rings. The highest BCUT2D eigenvalue weighted by Crippen LogP contribution is 2.33. The van der Waals surface area contributed by atoms with Crippen LogP contribution in [-0.4, -0.2) is 26.1 Å². The van der Waals surface area contributed by atoms with Crippen molar-refractivity contribution in [3.05, 3.63) is 46.8 Å². The zero-order valence-corrected chi connectivity index (χ0v) is 15.8. The van der Waals surface area contributed by atoms with E-state index in [0.29, 0.717) is 18.7 Å².